The van der Waals surface area contributed by atoms with Gasteiger partial charge in [0.1, 0.15) is 0 Å². The molecule has 31 heavy (non-hydrogen) atoms. The Morgan fingerprint density at radius 3 is 2.00 bits per heavy atom. The van der Waals surface area contributed by atoms with Crippen LogP contribution in [0.3, 0.4) is 0 Å². The summed E-state index contributed by atoms with van der Waals surface area (Å²) in [5.41, 5.74) is 2.53. The summed E-state index contributed by atoms with van der Waals surface area (Å²) >= 11 is 0. The average Bonchev–Trinajstić information content (AvgIpc) is 2.48. The monoisotopic (exact) mass is 522 g/mol. The average molecular weight is 523 g/mol. The van der Waals surface area contributed by atoms with Gasteiger partial charge < -0.3 is 22.1 Å². The van der Waals surface area contributed by atoms with Gasteiger partial charge in [-0.3, -0.25) is 0 Å². The number of rotatable bonds is 10. The van der Waals surface area contributed by atoms with Crippen LogP contribution in [0.1, 0.15) is 33.1 Å². The molecule has 1 rings (SSSR count). The lowest BCUT2D eigenvalue weighted by Crippen LogP contribution is -2.63. The fourth-order valence-electron chi connectivity index (χ4n) is 3.48. The zero-order chi connectivity index (χ0) is 24.3. The van der Waals surface area contributed by atoms with E-state index >= 15 is 0 Å². The highest BCUT2D eigenvalue weighted by Crippen LogP contribution is 2.41. The van der Waals surface area contributed by atoms with Crippen molar-refractivity contribution in [3.05, 3.63) is 11.3 Å². The van der Waals surface area contributed by atoms with Crippen molar-refractivity contribution in [3.63, 3.8) is 0 Å². The maximum atomic E-state index is 12.7. The Morgan fingerprint density at radius 1 is 1.06 bits per heavy atom. The molecule has 0 aromatic rings. The van der Waals surface area contributed by atoms with Crippen molar-refractivity contribution in [1.29, 1.82) is 0 Å². The third kappa shape index (κ3) is 10.7. The van der Waals surface area contributed by atoms with Crippen LogP contribution in [0, 0.1) is 0 Å². The number of esters is 1. The van der Waals surface area contributed by atoms with Gasteiger partial charge in [0.05, 0.1) is 16.0 Å². The minimum absolute atomic E-state index is 0.0168. The van der Waals surface area contributed by atoms with E-state index in [4.69, 9.17) is 22.1 Å². The molecule has 0 bridgehead atoms. The minimum Gasteiger partial charge on any atom is -0.464 e. The van der Waals surface area contributed by atoms with Crippen molar-refractivity contribution in [2.24, 2.45) is 0 Å². The first-order chi connectivity index (χ1) is 13.8. The van der Waals surface area contributed by atoms with E-state index in [0.717, 1.165) is 29.1 Å². The normalized spacial score (nSPS) is 24.2. The molecule has 6 nitrogen and oxygen atoms in total. The van der Waals surface area contributed by atoms with Crippen molar-refractivity contribution in [3.8, 4) is 0 Å². The third-order valence-corrected chi connectivity index (χ3v) is 13.7. The number of hydrogen-bond acceptors (Lipinski definition) is 6. The molecule has 1 aliphatic rings. The van der Waals surface area contributed by atoms with E-state index in [1.165, 1.54) is 0 Å². The molecule has 0 aliphatic carbocycles. The molecule has 1 heterocycles. The Labute approximate surface area is 197 Å². The Bertz CT molecular complexity index is 634. The predicted molar refractivity (Wildman–Crippen MR) is 141 cm³/mol. The van der Waals surface area contributed by atoms with Crippen molar-refractivity contribution in [1.82, 2.24) is 0 Å². The fourth-order valence-corrected chi connectivity index (χ4v) is 13.6. The van der Waals surface area contributed by atoms with Crippen LogP contribution < -0.4 is 0 Å². The van der Waals surface area contributed by atoms with Gasteiger partial charge in [-0.15, -0.1) is 0 Å². The number of carbonyl (C=O) groups excluding carboxylic acids is 1. The molecule has 0 aromatic carbocycles. The second kappa shape index (κ2) is 10.6. The number of ether oxygens (including phenoxy) is 1. The van der Waals surface area contributed by atoms with Crippen LogP contribution in [0.25, 0.3) is 0 Å². The molecule has 0 spiro atoms. The van der Waals surface area contributed by atoms with Crippen molar-refractivity contribution in [2.75, 3.05) is 0 Å². The Hall–Kier alpha value is 0.134. The van der Waals surface area contributed by atoms with Gasteiger partial charge >= 0.3 is 14.5 Å². The Balaban J connectivity index is 3.42. The molecule has 11 heteroatoms. The van der Waals surface area contributed by atoms with Crippen LogP contribution in [0.5, 0.6) is 0 Å². The third-order valence-electron chi connectivity index (χ3n) is 4.38. The van der Waals surface area contributed by atoms with Gasteiger partial charge in [0.25, 0.3) is 5.97 Å². The lowest BCUT2D eigenvalue weighted by molar-refractivity contribution is -0.284. The van der Waals surface area contributed by atoms with Crippen LogP contribution in [0.15, 0.2) is 11.3 Å². The summed E-state index contributed by atoms with van der Waals surface area (Å²) in [6, 6.07) is 0.784. The van der Waals surface area contributed by atoms with Gasteiger partial charge in [0.2, 0.25) is 0 Å². The SMILES string of the molecule is CCC([SiH3])OC(=O)C(C)=C[Si]1(O[Si](C)(C)C)CCCC(O[Si](C)(C)C)(O[Si](C)(C)C)O1. The first kappa shape index (κ1) is 29.2. The van der Waals surface area contributed by atoms with Crippen LogP contribution in [-0.4, -0.2) is 61.4 Å². The summed E-state index contributed by atoms with van der Waals surface area (Å²) in [6.07, 6.45) is 2.40. The van der Waals surface area contributed by atoms with Crippen LogP contribution in [0.4, 0.5) is 0 Å². The van der Waals surface area contributed by atoms with E-state index in [1.807, 2.05) is 19.5 Å². The van der Waals surface area contributed by atoms with Gasteiger partial charge in [0.15, 0.2) is 25.0 Å². The second-order valence-corrected chi connectivity index (χ2v) is 29.3. The summed E-state index contributed by atoms with van der Waals surface area (Å²) < 4.78 is 32.4. The summed E-state index contributed by atoms with van der Waals surface area (Å²) in [7, 11) is -8.06. The summed E-state index contributed by atoms with van der Waals surface area (Å²) in [5, 5.41) is 0. The molecule has 0 radical (unpaired) electrons. The summed E-state index contributed by atoms with van der Waals surface area (Å²) in [4.78, 5) is 12.7. The predicted octanol–water partition coefficient (Wildman–Crippen LogP) is 4.58. The lowest BCUT2D eigenvalue weighted by atomic mass is 10.3. The highest BCUT2D eigenvalue weighted by atomic mass is 28.4. The molecule has 2 atom stereocenters. The zero-order valence-electron chi connectivity index (χ0n) is 21.9. The van der Waals surface area contributed by atoms with Gasteiger partial charge in [0, 0.05) is 12.0 Å². The van der Waals surface area contributed by atoms with E-state index in [0.29, 0.717) is 12.0 Å². The molecular formula is C20H46O6Si5. The quantitative estimate of drug-likeness (QED) is 0.181. The van der Waals surface area contributed by atoms with Gasteiger partial charge in [-0.05, 0) is 90.4 Å². The summed E-state index contributed by atoms with van der Waals surface area (Å²) in [5.74, 6) is -1.37. The molecule has 1 aliphatic heterocycles. The van der Waals surface area contributed by atoms with Crippen molar-refractivity contribution in [2.45, 2.75) is 110 Å². The second-order valence-electron chi connectivity index (χ2n) is 11.5. The largest absolute Gasteiger partial charge is 0.464 e. The molecule has 2 unspecified atom stereocenters. The molecule has 1 fully saturated rings. The molecule has 0 aromatic heterocycles. The first-order valence-corrected chi connectivity index (χ1v) is 25.0. The van der Waals surface area contributed by atoms with E-state index < -0.39 is 39.5 Å². The molecular weight excluding hydrogens is 477 g/mol. The van der Waals surface area contributed by atoms with Crippen LogP contribution in [-0.2, 0) is 26.9 Å². The standard InChI is InChI=1S/C20H46O6Si5/c1-12-18(27)22-19(21)17(2)16-31(26-30(9,10)11)15-13-14-20(25-31,23-28(3,4)5)24-29(6,7)8/h16,18H,12-15H2,1-11,27H3. The number of hydrogen-bond donors (Lipinski definition) is 0. The number of carbonyl (C=O) groups is 1. The van der Waals surface area contributed by atoms with Gasteiger partial charge in [-0.1, -0.05) is 6.92 Å². The highest BCUT2D eigenvalue weighted by Gasteiger charge is 2.54. The van der Waals surface area contributed by atoms with Crippen LogP contribution >= 0.6 is 0 Å². The zero-order valence-corrected chi connectivity index (χ0v) is 27.9. The molecule has 1 saturated heterocycles. The van der Waals surface area contributed by atoms with Crippen molar-refractivity contribution < 1.29 is 26.9 Å². The van der Waals surface area contributed by atoms with E-state index in [2.05, 4.69) is 58.9 Å². The lowest BCUT2D eigenvalue weighted by Gasteiger charge is -2.50. The van der Waals surface area contributed by atoms with E-state index in [1.54, 1.807) is 0 Å². The maximum absolute atomic E-state index is 12.7. The summed E-state index contributed by atoms with van der Waals surface area (Å²) in [6.45, 7) is 23.2. The van der Waals surface area contributed by atoms with Crippen molar-refractivity contribution >= 4 is 49.7 Å². The molecule has 0 amide bonds. The Morgan fingerprint density at radius 2 is 1.58 bits per heavy atom. The van der Waals surface area contributed by atoms with E-state index in [-0.39, 0.29) is 11.7 Å². The van der Waals surface area contributed by atoms with E-state index in [9.17, 15) is 4.79 Å². The van der Waals surface area contributed by atoms with Gasteiger partial charge in [-0.2, -0.15) is 0 Å². The molecule has 0 saturated carbocycles. The van der Waals surface area contributed by atoms with Crippen LogP contribution in [0.2, 0.25) is 65.0 Å². The first-order valence-electron chi connectivity index (χ1n) is 11.5. The maximum Gasteiger partial charge on any atom is 0.359 e. The smallest absolute Gasteiger partial charge is 0.359 e. The topological polar surface area (TPSA) is 63.2 Å². The Kier molecular flexibility index (Phi) is 9.97. The molecule has 182 valence electrons. The minimum atomic E-state index is -2.94. The fraction of sp³-hybridized carbons (Fsp3) is 0.850. The molecule has 0 N–H and O–H groups in total. The van der Waals surface area contributed by atoms with Gasteiger partial charge in [-0.25, -0.2) is 4.79 Å². The highest BCUT2D eigenvalue weighted by molar-refractivity contribution is 6.85.